The predicted molar refractivity (Wildman–Crippen MR) is 217 cm³/mol. The SMILES string of the molecule is COc1c(C)c(O)c2c(c1OCc1ccccc1)[C@H]1C3C(=O)c4c(O[Si](C)(C)C(C)(C)C)c(C)c5c(c4[C@H](COCc4ccccc4)N3C(=O)[C@@H](C2)N1C)OCO5. The molecule has 2 bridgehead atoms. The molecule has 1 saturated heterocycles. The number of phenols is 1. The number of piperazine rings is 1. The summed E-state index contributed by atoms with van der Waals surface area (Å²) in [7, 11) is 0.862. The highest BCUT2D eigenvalue weighted by Crippen LogP contribution is 2.59. The summed E-state index contributed by atoms with van der Waals surface area (Å²) in [5.74, 6) is 1.72. The van der Waals surface area contributed by atoms with E-state index in [1.54, 1.807) is 18.9 Å². The van der Waals surface area contributed by atoms with Gasteiger partial charge >= 0.3 is 0 Å². The minimum absolute atomic E-state index is 0.0305. The molecule has 8 rings (SSSR count). The van der Waals surface area contributed by atoms with Crippen LogP contribution in [0.4, 0.5) is 0 Å². The average Bonchev–Trinajstić information content (AvgIpc) is 3.68. The van der Waals surface area contributed by atoms with Crippen molar-refractivity contribution in [2.75, 3.05) is 27.6 Å². The Morgan fingerprint density at radius 2 is 1.47 bits per heavy atom. The van der Waals surface area contributed by atoms with Crippen LogP contribution in [0.2, 0.25) is 18.1 Å². The molecule has 4 aromatic carbocycles. The van der Waals surface area contributed by atoms with Crippen molar-refractivity contribution in [2.24, 2.45) is 0 Å². The van der Waals surface area contributed by atoms with Gasteiger partial charge in [-0.3, -0.25) is 14.5 Å². The third kappa shape index (κ3) is 6.24. The van der Waals surface area contributed by atoms with Gasteiger partial charge in [0, 0.05) is 34.2 Å². The van der Waals surface area contributed by atoms with Gasteiger partial charge in [0.25, 0.3) is 8.32 Å². The number of methoxy groups -OCH3 is 1. The Bertz CT molecular complexity index is 2240. The lowest BCUT2D eigenvalue weighted by molar-refractivity contribution is -0.156. The van der Waals surface area contributed by atoms with E-state index in [9.17, 15) is 5.11 Å². The molecule has 1 amide bonds. The molecule has 4 heterocycles. The molecule has 0 spiro atoms. The van der Waals surface area contributed by atoms with Gasteiger partial charge in [-0.05, 0) is 50.2 Å². The number of rotatable bonds is 10. The molecule has 0 aromatic heterocycles. The molecule has 4 atom stereocenters. The van der Waals surface area contributed by atoms with Crippen LogP contribution in [0.1, 0.15) is 82.2 Å². The van der Waals surface area contributed by atoms with Crippen molar-refractivity contribution < 1.29 is 42.8 Å². The van der Waals surface area contributed by atoms with Gasteiger partial charge in [-0.1, -0.05) is 81.4 Å². The maximum atomic E-state index is 15.8. The molecule has 0 aliphatic carbocycles. The third-order valence-electron chi connectivity index (χ3n) is 12.7. The average molecular weight is 793 g/mol. The van der Waals surface area contributed by atoms with Crippen molar-refractivity contribution in [3.8, 4) is 34.5 Å². The first-order valence-corrected chi connectivity index (χ1v) is 22.5. The lowest BCUT2D eigenvalue weighted by Gasteiger charge is -2.56. The molecule has 4 aromatic rings. The molecule has 12 heteroatoms. The number of ketones is 1. The zero-order chi connectivity index (χ0) is 40.6. The normalized spacial score (nSPS) is 21.2. The van der Waals surface area contributed by atoms with Crippen molar-refractivity contribution in [1.82, 2.24) is 9.80 Å². The van der Waals surface area contributed by atoms with Crippen LogP contribution in [0.15, 0.2) is 60.7 Å². The highest BCUT2D eigenvalue weighted by Gasteiger charge is 2.60. The Morgan fingerprint density at radius 1 is 0.842 bits per heavy atom. The second kappa shape index (κ2) is 14.4. The number of hydrogen-bond donors (Lipinski definition) is 1. The Balaban J connectivity index is 1.35. The summed E-state index contributed by atoms with van der Waals surface area (Å²) in [6, 6.07) is 16.4. The van der Waals surface area contributed by atoms with Gasteiger partial charge in [-0.2, -0.15) is 0 Å². The predicted octanol–water partition coefficient (Wildman–Crippen LogP) is 7.97. The van der Waals surface area contributed by atoms with Crippen LogP contribution in [0.25, 0.3) is 0 Å². The van der Waals surface area contributed by atoms with E-state index in [1.807, 2.05) is 79.5 Å². The highest BCUT2D eigenvalue weighted by molar-refractivity contribution is 6.74. The van der Waals surface area contributed by atoms with Crippen molar-refractivity contribution >= 4 is 20.0 Å². The summed E-state index contributed by atoms with van der Waals surface area (Å²) in [5.41, 5.74) is 5.22. The van der Waals surface area contributed by atoms with Gasteiger partial charge < -0.3 is 38.1 Å². The van der Waals surface area contributed by atoms with Crippen molar-refractivity contribution in [3.05, 3.63) is 105 Å². The van der Waals surface area contributed by atoms with Gasteiger partial charge in [-0.25, -0.2) is 0 Å². The maximum Gasteiger partial charge on any atom is 0.250 e. The number of benzene rings is 4. The van der Waals surface area contributed by atoms with Crippen molar-refractivity contribution in [2.45, 2.75) is 96.6 Å². The molecule has 57 heavy (non-hydrogen) atoms. The lowest BCUT2D eigenvalue weighted by Crippen LogP contribution is -2.68. The second-order valence-electron chi connectivity index (χ2n) is 17.1. The Kier molecular flexibility index (Phi) is 9.81. The monoisotopic (exact) mass is 792 g/mol. The standard InChI is InChI=1S/C45H52N2O9Si/c1-25-37(48)29-20-30-44(50)47-31(23-52-21-27-16-12-10-13-17-27)33-34(39(56-57(8,9)45(3,4)5)26(2)41-43(33)55-24-54-41)38(49)36(47)35(46(30)6)32(29)42(40(25)51-7)53-22-28-18-14-11-15-19-28/h10-19,30-31,35-36,48H,20-24H2,1-9H3/t30-,31+,35+,36?/m1/s1. The number of ether oxygens (including phenoxy) is 5. The minimum Gasteiger partial charge on any atom is -0.543 e. The van der Waals surface area contributed by atoms with Gasteiger partial charge in [-0.15, -0.1) is 0 Å². The number of nitrogens with zero attached hydrogens (tertiary/aromatic N) is 2. The van der Waals surface area contributed by atoms with E-state index in [0.717, 1.165) is 11.1 Å². The molecule has 0 saturated carbocycles. The number of phenolic OH excluding ortho intramolecular Hbond substituents is 1. The first-order valence-electron chi connectivity index (χ1n) is 19.6. The number of carbonyl (C=O) groups is 2. The van der Waals surface area contributed by atoms with Crippen LogP contribution in [-0.2, 0) is 29.2 Å². The molecule has 4 aliphatic heterocycles. The first-order chi connectivity index (χ1) is 27.2. The highest BCUT2D eigenvalue weighted by atomic mass is 28.4. The Morgan fingerprint density at radius 3 is 2.11 bits per heavy atom. The molecule has 0 radical (unpaired) electrons. The number of fused-ring (bicyclic) bond motifs is 9. The summed E-state index contributed by atoms with van der Waals surface area (Å²) in [4.78, 5) is 34.7. The number of amides is 1. The van der Waals surface area contributed by atoms with Crippen LogP contribution in [0.3, 0.4) is 0 Å². The number of aromatic hydroxyl groups is 1. The van der Waals surface area contributed by atoms with Crippen LogP contribution >= 0.6 is 0 Å². The van der Waals surface area contributed by atoms with Gasteiger partial charge in [0.1, 0.15) is 24.1 Å². The van der Waals surface area contributed by atoms with E-state index in [2.05, 4.69) is 33.9 Å². The van der Waals surface area contributed by atoms with Crippen LogP contribution in [0.5, 0.6) is 34.5 Å². The topological polar surface area (TPSA) is 116 Å². The quantitative estimate of drug-likeness (QED) is 0.159. The summed E-state index contributed by atoms with van der Waals surface area (Å²) >= 11 is 0. The molecule has 1 fully saturated rings. The number of carbonyl (C=O) groups excluding carboxylic acids is 2. The van der Waals surface area contributed by atoms with Crippen molar-refractivity contribution in [1.29, 1.82) is 0 Å². The first kappa shape index (κ1) is 38.8. The summed E-state index contributed by atoms with van der Waals surface area (Å²) in [6.45, 7) is 15.0. The third-order valence-corrected chi connectivity index (χ3v) is 17.0. The lowest BCUT2D eigenvalue weighted by atomic mass is 9.73. The van der Waals surface area contributed by atoms with Crippen LogP contribution in [-0.4, -0.2) is 74.6 Å². The van der Waals surface area contributed by atoms with Crippen molar-refractivity contribution in [3.63, 3.8) is 0 Å². The van der Waals surface area contributed by atoms with E-state index in [0.29, 0.717) is 68.7 Å². The van der Waals surface area contributed by atoms with E-state index in [1.165, 1.54) is 0 Å². The molecular weight excluding hydrogens is 741 g/mol. The van der Waals surface area contributed by atoms with Gasteiger partial charge in [0.15, 0.2) is 28.8 Å². The van der Waals surface area contributed by atoms with E-state index < -0.39 is 32.5 Å². The maximum absolute atomic E-state index is 15.8. The molecule has 1 N–H and O–H groups in total. The summed E-state index contributed by atoms with van der Waals surface area (Å²) in [5, 5.41) is 11.7. The number of Topliss-reactive ketones (excluding diaryl/α,β-unsaturated/α-hetero) is 1. The summed E-state index contributed by atoms with van der Waals surface area (Å²) < 4.78 is 38.6. The second-order valence-corrected chi connectivity index (χ2v) is 21.8. The van der Waals surface area contributed by atoms with E-state index in [-0.39, 0.29) is 48.9 Å². The number of hydrogen-bond acceptors (Lipinski definition) is 10. The van der Waals surface area contributed by atoms with Crippen LogP contribution < -0.4 is 23.4 Å². The zero-order valence-electron chi connectivity index (χ0n) is 34.2. The molecule has 300 valence electrons. The molecule has 4 aliphatic rings. The van der Waals surface area contributed by atoms with E-state index in [4.69, 9.17) is 28.1 Å². The fraction of sp³-hybridized carbons (Fsp3) is 0.422. The van der Waals surface area contributed by atoms with Crippen LogP contribution in [0, 0.1) is 13.8 Å². The molecule has 11 nitrogen and oxygen atoms in total. The largest absolute Gasteiger partial charge is 0.543 e. The fourth-order valence-electron chi connectivity index (χ4n) is 8.68. The summed E-state index contributed by atoms with van der Waals surface area (Å²) in [6.07, 6.45) is 0.201. The fourth-order valence-corrected chi connectivity index (χ4v) is 9.75. The molecular formula is C45H52N2O9Si. The Labute approximate surface area is 335 Å². The smallest absolute Gasteiger partial charge is 0.250 e. The minimum atomic E-state index is -2.56. The number of likely N-dealkylation sites (N-methyl/N-ethyl adjacent to an activating group) is 1. The van der Waals surface area contributed by atoms with Gasteiger partial charge in [0.2, 0.25) is 12.7 Å². The molecule has 1 unspecified atom stereocenters. The Hall–Kier alpha value is -5.04. The van der Waals surface area contributed by atoms with Gasteiger partial charge in [0.05, 0.1) is 44.0 Å². The zero-order valence-corrected chi connectivity index (χ0v) is 35.2. The van der Waals surface area contributed by atoms with E-state index >= 15 is 9.59 Å².